The summed E-state index contributed by atoms with van der Waals surface area (Å²) in [4.78, 5) is 16.1. The van der Waals surface area contributed by atoms with Gasteiger partial charge in [0, 0.05) is 25.2 Å². The maximum Gasteiger partial charge on any atom is 0.239 e. The molecule has 3 N–H and O–H groups in total. The van der Waals surface area contributed by atoms with E-state index in [1.807, 2.05) is 42.5 Å². The maximum absolute atomic E-state index is 12.0. The van der Waals surface area contributed by atoms with E-state index in [-0.39, 0.29) is 36.4 Å². The van der Waals surface area contributed by atoms with Crippen molar-refractivity contribution < 1.29 is 9.53 Å². The van der Waals surface area contributed by atoms with Crippen LogP contribution in [0.5, 0.6) is 5.75 Å². The Hall–Kier alpha value is -2.00. The van der Waals surface area contributed by atoms with Crippen LogP contribution in [0.15, 0.2) is 53.5 Å². The molecule has 0 radical (unpaired) electrons. The normalized spacial score (nSPS) is 10.7. The lowest BCUT2D eigenvalue weighted by Gasteiger charge is -2.13. The second-order valence-corrected chi connectivity index (χ2v) is 6.55. The number of rotatable bonds is 9. The number of aliphatic imine (C=N–C) groups is 1. The first kappa shape index (κ1) is 25.0. The van der Waals surface area contributed by atoms with Crippen LogP contribution in [0.2, 0.25) is 5.02 Å². The van der Waals surface area contributed by atoms with Gasteiger partial charge >= 0.3 is 0 Å². The van der Waals surface area contributed by atoms with Gasteiger partial charge in [-0.15, -0.1) is 24.0 Å². The highest BCUT2D eigenvalue weighted by molar-refractivity contribution is 14.0. The third-order valence-corrected chi connectivity index (χ3v) is 4.52. The van der Waals surface area contributed by atoms with Crippen LogP contribution in [0, 0.1) is 0 Å². The predicted molar refractivity (Wildman–Crippen MR) is 130 cm³/mol. The number of hydrogen-bond acceptors (Lipinski definition) is 3. The second-order valence-electron chi connectivity index (χ2n) is 6.15. The Morgan fingerprint density at radius 2 is 1.76 bits per heavy atom. The van der Waals surface area contributed by atoms with Crippen molar-refractivity contribution in [2.24, 2.45) is 4.99 Å². The third-order valence-electron chi connectivity index (χ3n) is 4.17. The number of nitrogens with zero attached hydrogens (tertiary/aromatic N) is 1. The number of halogens is 2. The van der Waals surface area contributed by atoms with Crippen LogP contribution in [-0.4, -0.2) is 45.7 Å². The quantitative estimate of drug-likeness (QED) is 0.265. The summed E-state index contributed by atoms with van der Waals surface area (Å²) in [6.45, 7) is 1.41. The molecule has 0 atom stereocenters. The zero-order valence-corrected chi connectivity index (χ0v) is 19.8. The van der Waals surface area contributed by atoms with Crippen LogP contribution >= 0.6 is 35.6 Å². The second kappa shape index (κ2) is 14.1. The molecule has 0 aliphatic heterocycles. The molecule has 0 fully saturated rings. The molecule has 0 aliphatic rings. The van der Waals surface area contributed by atoms with E-state index in [1.54, 1.807) is 20.2 Å². The van der Waals surface area contributed by atoms with E-state index in [0.29, 0.717) is 24.1 Å². The van der Waals surface area contributed by atoms with Crippen molar-refractivity contribution in [3.8, 4) is 5.75 Å². The highest BCUT2D eigenvalue weighted by Gasteiger charge is 2.05. The molecule has 0 heterocycles. The Balaban J connectivity index is 0.00000420. The van der Waals surface area contributed by atoms with Crippen molar-refractivity contribution >= 4 is 47.4 Å². The highest BCUT2D eigenvalue weighted by atomic mass is 127. The minimum atomic E-state index is -0.0721. The molecular weight excluding hydrogens is 503 g/mol. The van der Waals surface area contributed by atoms with Crippen molar-refractivity contribution in [2.45, 2.75) is 12.8 Å². The number of benzene rings is 2. The lowest BCUT2D eigenvalue weighted by Crippen LogP contribution is -2.44. The summed E-state index contributed by atoms with van der Waals surface area (Å²) in [5.74, 6) is 1.23. The molecule has 8 heteroatoms. The van der Waals surface area contributed by atoms with Gasteiger partial charge in [-0.2, -0.15) is 0 Å². The fourth-order valence-corrected chi connectivity index (χ4v) is 2.88. The van der Waals surface area contributed by atoms with Gasteiger partial charge in [0.2, 0.25) is 5.91 Å². The van der Waals surface area contributed by atoms with Crippen LogP contribution in [0.25, 0.3) is 0 Å². The van der Waals surface area contributed by atoms with E-state index in [9.17, 15) is 4.79 Å². The lowest BCUT2D eigenvalue weighted by molar-refractivity contribution is -0.119. The Bertz CT molecular complexity index is 788. The van der Waals surface area contributed by atoms with E-state index >= 15 is 0 Å². The van der Waals surface area contributed by atoms with Crippen LogP contribution in [-0.2, 0) is 17.6 Å². The first-order valence-electron chi connectivity index (χ1n) is 9.20. The molecule has 2 aromatic rings. The predicted octanol–water partition coefficient (Wildman–Crippen LogP) is 3.03. The molecule has 0 bridgehead atoms. The summed E-state index contributed by atoms with van der Waals surface area (Å²) in [6.07, 6.45) is 1.54. The van der Waals surface area contributed by atoms with Crippen molar-refractivity contribution in [2.75, 3.05) is 33.8 Å². The number of guanidine groups is 1. The number of carbonyl (C=O) groups excluding carboxylic acids is 1. The van der Waals surface area contributed by atoms with Crippen molar-refractivity contribution in [3.05, 3.63) is 64.7 Å². The van der Waals surface area contributed by atoms with Gasteiger partial charge in [-0.05, 0) is 36.1 Å². The number of ether oxygens (including phenoxy) is 1. The Kier molecular flexibility index (Phi) is 12.1. The molecule has 0 aromatic heterocycles. The topological polar surface area (TPSA) is 74.8 Å². The number of hydrogen-bond donors (Lipinski definition) is 3. The summed E-state index contributed by atoms with van der Waals surface area (Å²) >= 11 is 6.25. The van der Waals surface area contributed by atoms with Crippen molar-refractivity contribution in [3.63, 3.8) is 0 Å². The molecule has 0 unspecified atom stereocenters. The molecule has 1 amide bonds. The Labute approximate surface area is 194 Å². The van der Waals surface area contributed by atoms with Crippen LogP contribution < -0.4 is 20.7 Å². The smallest absolute Gasteiger partial charge is 0.239 e. The lowest BCUT2D eigenvalue weighted by atomic mass is 10.1. The Morgan fingerprint density at radius 3 is 2.41 bits per heavy atom. The fraction of sp³-hybridized carbons (Fsp3) is 0.333. The molecule has 0 saturated heterocycles. The molecule has 6 nitrogen and oxygen atoms in total. The summed E-state index contributed by atoms with van der Waals surface area (Å²) in [5, 5.41) is 9.76. The third kappa shape index (κ3) is 9.36. The van der Waals surface area contributed by atoms with Crippen molar-refractivity contribution in [1.29, 1.82) is 0 Å². The molecule has 158 valence electrons. The van der Waals surface area contributed by atoms with Gasteiger partial charge in [-0.1, -0.05) is 48.0 Å². The van der Waals surface area contributed by atoms with Crippen LogP contribution in [0.3, 0.4) is 0 Å². The number of methoxy groups -OCH3 is 1. The van der Waals surface area contributed by atoms with Gasteiger partial charge in [0.05, 0.1) is 13.7 Å². The molecular formula is C21H28ClIN4O2. The molecule has 2 rings (SSSR count). The van der Waals surface area contributed by atoms with Crippen LogP contribution in [0.1, 0.15) is 11.1 Å². The first-order chi connectivity index (χ1) is 13.6. The molecule has 0 saturated carbocycles. The standard InChI is InChI=1S/C21H27ClN4O2.HI/c1-23-21(25-13-11-17-8-9-18(28-2)14-19(17)22)26-15-20(27)24-12-10-16-6-4-3-5-7-16;/h3-9,14H,10-13,15H2,1-2H3,(H,24,27)(H2,23,25,26);1H. The van der Waals surface area contributed by atoms with Gasteiger partial charge in [0.1, 0.15) is 5.75 Å². The van der Waals surface area contributed by atoms with Gasteiger partial charge in [0.15, 0.2) is 5.96 Å². The van der Waals surface area contributed by atoms with Crippen LogP contribution in [0.4, 0.5) is 0 Å². The average molecular weight is 531 g/mol. The van der Waals surface area contributed by atoms with Gasteiger partial charge in [0.25, 0.3) is 0 Å². The zero-order valence-electron chi connectivity index (χ0n) is 16.7. The molecule has 29 heavy (non-hydrogen) atoms. The molecule has 0 spiro atoms. The first-order valence-corrected chi connectivity index (χ1v) is 9.57. The number of carbonyl (C=O) groups is 1. The van der Waals surface area contributed by atoms with Gasteiger partial charge in [-0.25, -0.2) is 0 Å². The van der Waals surface area contributed by atoms with E-state index in [2.05, 4.69) is 20.9 Å². The highest BCUT2D eigenvalue weighted by Crippen LogP contribution is 2.22. The van der Waals surface area contributed by atoms with Crippen molar-refractivity contribution in [1.82, 2.24) is 16.0 Å². The minimum Gasteiger partial charge on any atom is -0.497 e. The largest absolute Gasteiger partial charge is 0.497 e. The van der Waals surface area contributed by atoms with E-state index in [1.165, 1.54) is 5.56 Å². The zero-order chi connectivity index (χ0) is 20.2. The maximum atomic E-state index is 12.0. The van der Waals surface area contributed by atoms with E-state index in [0.717, 1.165) is 24.2 Å². The monoisotopic (exact) mass is 530 g/mol. The number of amides is 1. The van der Waals surface area contributed by atoms with E-state index in [4.69, 9.17) is 16.3 Å². The molecule has 2 aromatic carbocycles. The average Bonchev–Trinajstić information content (AvgIpc) is 2.72. The minimum absolute atomic E-state index is 0. The fourth-order valence-electron chi connectivity index (χ4n) is 2.61. The summed E-state index contributed by atoms with van der Waals surface area (Å²) < 4.78 is 5.15. The number of nitrogens with one attached hydrogen (secondary N) is 3. The summed E-state index contributed by atoms with van der Waals surface area (Å²) in [5.41, 5.74) is 2.22. The summed E-state index contributed by atoms with van der Waals surface area (Å²) in [6, 6.07) is 15.7. The van der Waals surface area contributed by atoms with Gasteiger partial charge < -0.3 is 20.7 Å². The summed E-state index contributed by atoms with van der Waals surface area (Å²) in [7, 11) is 3.28. The molecule has 0 aliphatic carbocycles. The SMILES string of the molecule is CN=C(NCCc1ccc(OC)cc1Cl)NCC(=O)NCCc1ccccc1.I. The Morgan fingerprint density at radius 1 is 1.03 bits per heavy atom. The van der Waals surface area contributed by atoms with E-state index < -0.39 is 0 Å². The van der Waals surface area contributed by atoms with Gasteiger partial charge in [-0.3, -0.25) is 9.79 Å².